The standard InChI is InChI=1S/C16H18Cl2N4O3/c17-11-2-1-10(5-12(11)18)22-15(24)13(21-16(22)25)3-4-14(23)20-8-9-6-19-7-9/h1-2,5,9,13,19H,3-4,6-8H2,(H,20,23)(H,21,25). The third-order valence-corrected chi connectivity index (χ3v) is 5.03. The highest BCUT2D eigenvalue weighted by Crippen LogP contribution is 2.29. The molecule has 0 aromatic heterocycles. The van der Waals surface area contributed by atoms with E-state index in [0.717, 1.165) is 18.0 Å². The van der Waals surface area contributed by atoms with Crippen molar-refractivity contribution in [1.29, 1.82) is 0 Å². The Hall–Kier alpha value is -1.83. The summed E-state index contributed by atoms with van der Waals surface area (Å²) in [7, 11) is 0. The quantitative estimate of drug-likeness (QED) is 0.648. The molecule has 25 heavy (non-hydrogen) atoms. The van der Waals surface area contributed by atoms with Gasteiger partial charge in [0.15, 0.2) is 0 Å². The number of nitrogens with zero attached hydrogens (tertiary/aromatic N) is 1. The van der Waals surface area contributed by atoms with Crippen LogP contribution in [0.25, 0.3) is 0 Å². The molecule has 1 aromatic rings. The molecular formula is C16H18Cl2N4O3. The third-order valence-electron chi connectivity index (χ3n) is 4.29. The average molecular weight is 385 g/mol. The summed E-state index contributed by atoms with van der Waals surface area (Å²) in [6.07, 6.45) is 0.420. The first-order valence-electron chi connectivity index (χ1n) is 8.02. The molecule has 1 atom stereocenters. The summed E-state index contributed by atoms with van der Waals surface area (Å²) < 4.78 is 0. The predicted octanol–water partition coefficient (Wildman–Crippen LogP) is 1.53. The predicted molar refractivity (Wildman–Crippen MR) is 94.9 cm³/mol. The van der Waals surface area contributed by atoms with Crippen molar-refractivity contribution in [3.05, 3.63) is 28.2 Å². The van der Waals surface area contributed by atoms with Crippen molar-refractivity contribution in [3.63, 3.8) is 0 Å². The molecule has 0 radical (unpaired) electrons. The van der Waals surface area contributed by atoms with E-state index in [0.29, 0.717) is 23.2 Å². The highest BCUT2D eigenvalue weighted by atomic mass is 35.5. The second kappa shape index (κ2) is 7.59. The van der Waals surface area contributed by atoms with Crippen molar-refractivity contribution in [2.75, 3.05) is 24.5 Å². The fourth-order valence-electron chi connectivity index (χ4n) is 2.71. The molecule has 3 N–H and O–H groups in total. The number of urea groups is 1. The van der Waals surface area contributed by atoms with Gasteiger partial charge in [-0.1, -0.05) is 23.2 Å². The number of nitrogens with one attached hydrogen (secondary N) is 3. The molecule has 7 nitrogen and oxygen atoms in total. The molecule has 2 heterocycles. The summed E-state index contributed by atoms with van der Waals surface area (Å²) >= 11 is 11.8. The van der Waals surface area contributed by atoms with E-state index in [1.807, 2.05) is 0 Å². The summed E-state index contributed by atoms with van der Waals surface area (Å²) in [6, 6.07) is 3.28. The molecule has 0 saturated carbocycles. The number of benzene rings is 1. The molecule has 0 aliphatic carbocycles. The van der Waals surface area contributed by atoms with Gasteiger partial charge in [-0.05, 0) is 24.6 Å². The summed E-state index contributed by atoms with van der Waals surface area (Å²) in [5, 5.41) is 9.17. The van der Waals surface area contributed by atoms with E-state index in [2.05, 4.69) is 16.0 Å². The molecule has 9 heteroatoms. The van der Waals surface area contributed by atoms with Crippen molar-refractivity contribution in [1.82, 2.24) is 16.0 Å². The van der Waals surface area contributed by atoms with Gasteiger partial charge in [-0.15, -0.1) is 0 Å². The number of carbonyl (C=O) groups excluding carboxylic acids is 3. The molecule has 1 aromatic carbocycles. The van der Waals surface area contributed by atoms with Gasteiger partial charge in [-0.25, -0.2) is 9.69 Å². The van der Waals surface area contributed by atoms with Crippen LogP contribution in [0.15, 0.2) is 18.2 Å². The van der Waals surface area contributed by atoms with Crippen LogP contribution in [0.1, 0.15) is 12.8 Å². The van der Waals surface area contributed by atoms with Crippen molar-refractivity contribution in [2.45, 2.75) is 18.9 Å². The van der Waals surface area contributed by atoms with Crippen LogP contribution in [-0.4, -0.2) is 43.5 Å². The highest BCUT2D eigenvalue weighted by Gasteiger charge is 2.39. The van der Waals surface area contributed by atoms with Crippen LogP contribution in [0.3, 0.4) is 0 Å². The normalized spacial score (nSPS) is 20.4. The van der Waals surface area contributed by atoms with Crippen LogP contribution in [0, 0.1) is 5.92 Å². The number of hydrogen-bond donors (Lipinski definition) is 3. The van der Waals surface area contributed by atoms with E-state index < -0.39 is 18.0 Å². The number of rotatable bonds is 6. The van der Waals surface area contributed by atoms with E-state index in [-0.39, 0.29) is 23.8 Å². The minimum Gasteiger partial charge on any atom is -0.356 e. The Morgan fingerprint density at radius 1 is 1.24 bits per heavy atom. The molecular weight excluding hydrogens is 367 g/mol. The van der Waals surface area contributed by atoms with E-state index >= 15 is 0 Å². The second-order valence-electron chi connectivity index (χ2n) is 6.14. The van der Waals surface area contributed by atoms with Gasteiger partial charge in [0, 0.05) is 32.0 Å². The zero-order valence-corrected chi connectivity index (χ0v) is 14.9. The SMILES string of the molecule is O=C(CCC1NC(=O)N(c2ccc(Cl)c(Cl)c2)C1=O)NCC1CNC1. The zero-order valence-electron chi connectivity index (χ0n) is 13.4. The monoisotopic (exact) mass is 384 g/mol. The van der Waals surface area contributed by atoms with E-state index in [1.165, 1.54) is 12.1 Å². The van der Waals surface area contributed by atoms with Crippen molar-refractivity contribution >= 4 is 46.7 Å². The minimum absolute atomic E-state index is 0.123. The first-order valence-corrected chi connectivity index (χ1v) is 8.78. The van der Waals surface area contributed by atoms with Crippen molar-refractivity contribution < 1.29 is 14.4 Å². The van der Waals surface area contributed by atoms with Gasteiger partial charge in [0.05, 0.1) is 15.7 Å². The van der Waals surface area contributed by atoms with Gasteiger partial charge in [0.25, 0.3) is 5.91 Å². The highest BCUT2D eigenvalue weighted by molar-refractivity contribution is 6.42. The van der Waals surface area contributed by atoms with E-state index in [9.17, 15) is 14.4 Å². The largest absolute Gasteiger partial charge is 0.356 e. The maximum absolute atomic E-state index is 12.5. The molecule has 2 aliphatic rings. The van der Waals surface area contributed by atoms with E-state index in [4.69, 9.17) is 23.2 Å². The fraction of sp³-hybridized carbons (Fsp3) is 0.438. The lowest BCUT2D eigenvalue weighted by atomic mass is 10.0. The second-order valence-corrected chi connectivity index (χ2v) is 6.96. The molecule has 3 rings (SSSR count). The summed E-state index contributed by atoms with van der Waals surface area (Å²) in [4.78, 5) is 37.5. The van der Waals surface area contributed by atoms with Crippen LogP contribution in [0.5, 0.6) is 0 Å². The van der Waals surface area contributed by atoms with Gasteiger partial charge >= 0.3 is 6.03 Å². The lowest BCUT2D eigenvalue weighted by Gasteiger charge is -2.27. The number of carbonyl (C=O) groups is 3. The zero-order chi connectivity index (χ0) is 18.0. The number of amides is 4. The molecule has 1 unspecified atom stereocenters. The van der Waals surface area contributed by atoms with Gasteiger partial charge < -0.3 is 16.0 Å². The maximum Gasteiger partial charge on any atom is 0.329 e. The number of anilines is 1. The Morgan fingerprint density at radius 3 is 2.64 bits per heavy atom. The lowest BCUT2D eigenvalue weighted by Crippen LogP contribution is -2.48. The summed E-state index contributed by atoms with van der Waals surface area (Å²) in [6.45, 7) is 2.46. The van der Waals surface area contributed by atoms with Gasteiger partial charge in [-0.3, -0.25) is 9.59 Å². The van der Waals surface area contributed by atoms with Crippen LogP contribution in [0.2, 0.25) is 10.0 Å². The number of hydrogen-bond acceptors (Lipinski definition) is 4. The third kappa shape index (κ3) is 4.05. The first kappa shape index (κ1) is 18.0. The van der Waals surface area contributed by atoms with Crippen LogP contribution < -0.4 is 20.9 Å². The van der Waals surface area contributed by atoms with Gasteiger partial charge in [0.1, 0.15) is 6.04 Å². The topological polar surface area (TPSA) is 90.5 Å². The van der Waals surface area contributed by atoms with Crippen LogP contribution in [-0.2, 0) is 9.59 Å². The minimum atomic E-state index is -0.724. The Morgan fingerprint density at radius 2 is 2.00 bits per heavy atom. The molecule has 0 bridgehead atoms. The molecule has 134 valence electrons. The molecule has 4 amide bonds. The van der Waals surface area contributed by atoms with Gasteiger partial charge in [-0.2, -0.15) is 0 Å². The summed E-state index contributed by atoms with van der Waals surface area (Å²) in [5.74, 6) is -0.0526. The molecule has 2 saturated heterocycles. The maximum atomic E-state index is 12.5. The first-order chi connectivity index (χ1) is 12.0. The Bertz CT molecular complexity index is 709. The van der Waals surface area contributed by atoms with Gasteiger partial charge in [0.2, 0.25) is 5.91 Å². The number of imide groups is 1. The van der Waals surface area contributed by atoms with E-state index in [1.54, 1.807) is 6.07 Å². The molecule has 2 fully saturated rings. The Balaban J connectivity index is 1.55. The average Bonchev–Trinajstić information content (AvgIpc) is 2.81. The van der Waals surface area contributed by atoms with Crippen LogP contribution in [0.4, 0.5) is 10.5 Å². The number of halogens is 2. The van der Waals surface area contributed by atoms with Crippen molar-refractivity contribution in [2.24, 2.45) is 5.92 Å². The van der Waals surface area contributed by atoms with Crippen molar-refractivity contribution in [3.8, 4) is 0 Å². The summed E-state index contributed by atoms with van der Waals surface area (Å²) in [5.41, 5.74) is 0.348. The molecule has 0 spiro atoms. The Labute approximate surface area is 155 Å². The smallest absolute Gasteiger partial charge is 0.329 e. The fourth-order valence-corrected chi connectivity index (χ4v) is 3.00. The molecule has 2 aliphatic heterocycles. The Kier molecular flexibility index (Phi) is 5.46. The lowest BCUT2D eigenvalue weighted by molar-refractivity contribution is -0.122. The van der Waals surface area contributed by atoms with Crippen LogP contribution >= 0.6 is 23.2 Å².